The van der Waals surface area contributed by atoms with E-state index in [1.807, 2.05) is 0 Å². The second-order valence-corrected chi connectivity index (χ2v) is 8.96. The predicted molar refractivity (Wildman–Crippen MR) is 86.8 cm³/mol. The standard InChI is InChI=1S/C14H16Br2F2O2S/c15-8-14(9-16,10-4-5-21(19,20)7-10)6-11-12(17)2-1-3-13(11)18/h1-3,10H,4-9H2. The summed E-state index contributed by atoms with van der Waals surface area (Å²) in [5.41, 5.74) is -0.493. The third-order valence-corrected chi connectivity index (χ3v) is 8.22. The van der Waals surface area contributed by atoms with E-state index in [1.165, 1.54) is 18.2 Å². The molecule has 0 amide bonds. The lowest BCUT2D eigenvalue weighted by atomic mass is 9.74. The van der Waals surface area contributed by atoms with Gasteiger partial charge in [0.05, 0.1) is 11.5 Å². The molecule has 2 nitrogen and oxygen atoms in total. The van der Waals surface area contributed by atoms with Crippen molar-refractivity contribution in [1.82, 2.24) is 0 Å². The molecule has 1 aromatic rings. The minimum Gasteiger partial charge on any atom is -0.229 e. The molecule has 1 aliphatic heterocycles. The highest BCUT2D eigenvalue weighted by atomic mass is 79.9. The monoisotopic (exact) mass is 444 g/mol. The second kappa shape index (κ2) is 6.62. The lowest BCUT2D eigenvalue weighted by Gasteiger charge is -2.36. The molecule has 0 saturated carbocycles. The van der Waals surface area contributed by atoms with Crippen molar-refractivity contribution in [1.29, 1.82) is 0 Å². The lowest BCUT2D eigenvalue weighted by molar-refractivity contribution is 0.247. The van der Waals surface area contributed by atoms with Crippen molar-refractivity contribution in [3.63, 3.8) is 0 Å². The molecule has 0 bridgehead atoms. The van der Waals surface area contributed by atoms with Crippen LogP contribution in [0.4, 0.5) is 8.78 Å². The summed E-state index contributed by atoms with van der Waals surface area (Å²) in [6.07, 6.45) is 0.706. The molecular weight excluding hydrogens is 430 g/mol. The van der Waals surface area contributed by atoms with E-state index in [0.717, 1.165) is 0 Å². The van der Waals surface area contributed by atoms with Crippen LogP contribution in [0.5, 0.6) is 0 Å². The van der Waals surface area contributed by atoms with Gasteiger partial charge in [-0.2, -0.15) is 0 Å². The van der Waals surface area contributed by atoms with Crippen LogP contribution in [0, 0.1) is 23.0 Å². The Hall–Kier alpha value is -0.0100. The summed E-state index contributed by atoms with van der Waals surface area (Å²) in [6.45, 7) is 0. The minimum atomic E-state index is -3.04. The van der Waals surface area contributed by atoms with Crippen LogP contribution in [-0.2, 0) is 16.3 Å². The van der Waals surface area contributed by atoms with Crippen LogP contribution in [0.25, 0.3) is 0 Å². The Bertz CT molecular complexity index is 595. The maximum atomic E-state index is 13.9. The van der Waals surface area contributed by atoms with Crippen LogP contribution in [0.1, 0.15) is 12.0 Å². The number of benzene rings is 1. The van der Waals surface area contributed by atoms with Gasteiger partial charge in [-0.25, -0.2) is 17.2 Å². The normalized spacial score (nSPS) is 21.6. The third kappa shape index (κ3) is 3.67. The van der Waals surface area contributed by atoms with Gasteiger partial charge in [0.1, 0.15) is 11.6 Å². The van der Waals surface area contributed by atoms with Crippen molar-refractivity contribution >= 4 is 41.7 Å². The van der Waals surface area contributed by atoms with E-state index in [0.29, 0.717) is 17.1 Å². The van der Waals surface area contributed by atoms with Gasteiger partial charge in [0.2, 0.25) is 0 Å². The maximum Gasteiger partial charge on any atom is 0.150 e. The first kappa shape index (κ1) is 17.3. The zero-order valence-electron chi connectivity index (χ0n) is 11.3. The SMILES string of the molecule is O=S1(=O)CCC(C(CBr)(CBr)Cc2c(F)cccc2F)C1. The molecule has 0 aliphatic carbocycles. The Labute approximate surface area is 140 Å². The van der Waals surface area contributed by atoms with E-state index in [4.69, 9.17) is 0 Å². The smallest absolute Gasteiger partial charge is 0.150 e. The van der Waals surface area contributed by atoms with Crippen molar-refractivity contribution in [2.75, 3.05) is 22.2 Å². The predicted octanol–water partition coefficient (Wildman–Crippen LogP) is 3.72. The average Bonchev–Trinajstić information content (AvgIpc) is 2.80. The van der Waals surface area contributed by atoms with E-state index in [9.17, 15) is 17.2 Å². The molecule has 1 heterocycles. The van der Waals surface area contributed by atoms with E-state index in [1.54, 1.807) is 0 Å². The molecule has 0 spiro atoms. The minimum absolute atomic E-state index is 0.0284. The van der Waals surface area contributed by atoms with E-state index in [-0.39, 0.29) is 29.4 Å². The topological polar surface area (TPSA) is 34.1 Å². The number of sulfone groups is 1. The lowest BCUT2D eigenvalue weighted by Crippen LogP contribution is -2.38. The summed E-state index contributed by atoms with van der Waals surface area (Å²) in [5.74, 6) is -1.04. The summed E-state index contributed by atoms with van der Waals surface area (Å²) in [4.78, 5) is 0. The van der Waals surface area contributed by atoms with Crippen molar-refractivity contribution in [3.05, 3.63) is 35.4 Å². The van der Waals surface area contributed by atoms with Gasteiger partial charge in [0, 0.05) is 16.2 Å². The van der Waals surface area contributed by atoms with Crippen molar-refractivity contribution < 1.29 is 17.2 Å². The molecule has 1 saturated heterocycles. The van der Waals surface area contributed by atoms with Gasteiger partial charge < -0.3 is 0 Å². The third-order valence-electron chi connectivity index (χ3n) is 4.22. The van der Waals surface area contributed by atoms with Gasteiger partial charge in [-0.15, -0.1) is 0 Å². The van der Waals surface area contributed by atoms with Crippen molar-refractivity contribution in [2.45, 2.75) is 12.8 Å². The molecule has 21 heavy (non-hydrogen) atoms. The molecule has 1 aromatic carbocycles. The largest absolute Gasteiger partial charge is 0.229 e. The van der Waals surface area contributed by atoms with Gasteiger partial charge in [-0.1, -0.05) is 37.9 Å². The van der Waals surface area contributed by atoms with Gasteiger partial charge in [-0.05, 0) is 36.3 Å². The van der Waals surface area contributed by atoms with Gasteiger partial charge >= 0.3 is 0 Å². The summed E-state index contributed by atoms with van der Waals surface area (Å²) in [7, 11) is -3.04. The molecule has 1 aliphatic rings. The second-order valence-electron chi connectivity index (χ2n) is 5.61. The zero-order chi connectivity index (χ0) is 15.7. The fraction of sp³-hybridized carbons (Fsp3) is 0.571. The van der Waals surface area contributed by atoms with Crippen LogP contribution in [-0.4, -0.2) is 30.6 Å². The van der Waals surface area contributed by atoms with E-state index < -0.39 is 26.9 Å². The summed E-state index contributed by atoms with van der Waals surface area (Å²) in [6, 6.07) is 3.80. The van der Waals surface area contributed by atoms with Crippen LogP contribution in [0.3, 0.4) is 0 Å². The molecule has 7 heteroatoms. The number of hydrogen-bond acceptors (Lipinski definition) is 2. The zero-order valence-corrected chi connectivity index (χ0v) is 15.3. The number of halogens is 4. The van der Waals surface area contributed by atoms with E-state index in [2.05, 4.69) is 31.9 Å². The summed E-state index contributed by atoms with van der Waals surface area (Å²) < 4.78 is 51.3. The van der Waals surface area contributed by atoms with Crippen LogP contribution < -0.4 is 0 Å². The maximum absolute atomic E-state index is 13.9. The highest BCUT2D eigenvalue weighted by molar-refractivity contribution is 9.09. The summed E-state index contributed by atoms with van der Waals surface area (Å²) >= 11 is 6.84. The highest BCUT2D eigenvalue weighted by Gasteiger charge is 2.44. The molecule has 2 rings (SSSR count). The van der Waals surface area contributed by atoms with Gasteiger partial charge in [-0.3, -0.25) is 0 Å². The Kier molecular flexibility index (Phi) is 5.47. The van der Waals surface area contributed by atoms with Crippen molar-refractivity contribution in [3.8, 4) is 0 Å². The Morgan fingerprint density at radius 1 is 1.19 bits per heavy atom. The first-order valence-electron chi connectivity index (χ1n) is 6.59. The Morgan fingerprint density at radius 2 is 1.76 bits per heavy atom. The van der Waals surface area contributed by atoms with Gasteiger partial charge in [0.15, 0.2) is 9.84 Å². The molecular formula is C14H16Br2F2O2S. The molecule has 1 unspecified atom stereocenters. The quantitative estimate of drug-likeness (QED) is 0.647. The number of alkyl halides is 2. The van der Waals surface area contributed by atoms with Crippen molar-refractivity contribution in [2.24, 2.45) is 11.3 Å². The number of rotatable bonds is 5. The fourth-order valence-corrected chi connectivity index (χ4v) is 7.01. The van der Waals surface area contributed by atoms with Crippen LogP contribution in [0.15, 0.2) is 18.2 Å². The molecule has 0 N–H and O–H groups in total. The Balaban J connectivity index is 2.35. The molecule has 0 radical (unpaired) electrons. The first-order valence-corrected chi connectivity index (χ1v) is 10.7. The molecule has 1 atom stereocenters. The van der Waals surface area contributed by atoms with Crippen LogP contribution >= 0.6 is 31.9 Å². The van der Waals surface area contributed by atoms with Gasteiger partial charge in [0.25, 0.3) is 0 Å². The molecule has 118 valence electrons. The fourth-order valence-electron chi connectivity index (χ4n) is 2.82. The molecule has 0 aromatic heterocycles. The highest BCUT2D eigenvalue weighted by Crippen LogP contribution is 2.42. The first-order chi connectivity index (χ1) is 9.83. The Morgan fingerprint density at radius 3 is 2.19 bits per heavy atom. The average molecular weight is 446 g/mol. The van der Waals surface area contributed by atoms with E-state index >= 15 is 0 Å². The summed E-state index contributed by atoms with van der Waals surface area (Å²) in [5, 5.41) is 0.971. The number of hydrogen-bond donors (Lipinski definition) is 0. The molecule has 1 fully saturated rings. The van der Waals surface area contributed by atoms with Crippen LogP contribution in [0.2, 0.25) is 0 Å².